The number of amides is 1. The van der Waals surface area contributed by atoms with Crippen LogP contribution in [0.5, 0.6) is 5.75 Å². The molecular weight excluding hydrogens is 287 g/mol. The maximum absolute atomic E-state index is 13.1. The van der Waals surface area contributed by atoms with Crippen LogP contribution in [-0.2, 0) is 11.2 Å². The Morgan fingerprint density at radius 3 is 2.91 bits per heavy atom. The minimum Gasteiger partial charge on any atom is -0.489 e. The first-order chi connectivity index (χ1) is 10.6. The third kappa shape index (κ3) is 4.87. The van der Waals surface area contributed by atoms with Gasteiger partial charge in [-0.05, 0) is 25.5 Å². The molecule has 1 aromatic heterocycles. The molecule has 0 unspecified atom stereocenters. The number of hydrogen-bond acceptors (Lipinski definition) is 4. The van der Waals surface area contributed by atoms with Gasteiger partial charge in [0, 0.05) is 12.1 Å². The van der Waals surface area contributed by atoms with Crippen LogP contribution in [0.15, 0.2) is 34.9 Å². The van der Waals surface area contributed by atoms with E-state index in [-0.39, 0.29) is 24.2 Å². The first kappa shape index (κ1) is 16.0. The van der Waals surface area contributed by atoms with Gasteiger partial charge >= 0.3 is 0 Å². The zero-order valence-electron chi connectivity index (χ0n) is 12.6. The maximum Gasteiger partial charge on any atom is 0.226 e. The van der Waals surface area contributed by atoms with E-state index in [1.807, 2.05) is 6.92 Å². The molecule has 5 nitrogen and oxygen atoms in total. The summed E-state index contributed by atoms with van der Waals surface area (Å²) in [5, 5.41) is 6.56. The van der Waals surface area contributed by atoms with Crippen molar-refractivity contribution in [1.82, 2.24) is 10.5 Å². The standard InChI is InChI=1S/C16H19FN2O3/c1-3-14(21-15-6-4-5-12(17)8-15)10-18-16(20)9-13-7-11(2)22-19-13/h4-8,14H,3,9-10H2,1-2H3,(H,18,20)/t14-/m1/s1. The molecule has 1 N–H and O–H groups in total. The van der Waals surface area contributed by atoms with Gasteiger partial charge in [-0.25, -0.2) is 4.39 Å². The lowest BCUT2D eigenvalue weighted by atomic mass is 10.2. The van der Waals surface area contributed by atoms with Crippen molar-refractivity contribution in [2.75, 3.05) is 6.54 Å². The summed E-state index contributed by atoms with van der Waals surface area (Å²) < 4.78 is 23.7. The van der Waals surface area contributed by atoms with Crippen molar-refractivity contribution in [1.29, 1.82) is 0 Å². The van der Waals surface area contributed by atoms with Gasteiger partial charge in [0.05, 0.1) is 18.7 Å². The van der Waals surface area contributed by atoms with Crippen LogP contribution in [0.3, 0.4) is 0 Å². The predicted molar refractivity (Wildman–Crippen MR) is 79.1 cm³/mol. The molecule has 0 bridgehead atoms. The van der Waals surface area contributed by atoms with Crippen LogP contribution < -0.4 is 10.1 Å². The Morgan fingerprint density at radius 1 is 1.45 bits per heavy atom. The lowest BCUT2D eigenvalue weighted by Crippen LogP contribution is -2.35. The molecule has 2 rings (SSSR count). The van der Waals surface area contributed by atoms with E-state index >= 15 is 0 Å². The molecule has 0 radical (unpaired) electrons. The number of nitrogens with one attached hydrogen (secondary N) is 1. The Kier molecular flexibility index (Phi) is 5.52. The van der Waals surface area contributed by atoms with Gasteiger partial charge in [-0.1, -0.05) is 18.1 Å². The highest BCUT2D eigenvalue weighted by atomic mass is 19.1. The molecule has 1 atom stereocenters. The van der Waals surface area contributed by atoms with Crippen molar-refractivity contribution in [2.45, 2.75) is 32.8 Å². The number of carbonyl (C=O) groups excluding carboxylic acids is 1. The molecule has 0 aliphatic heterocycles. The quantitative estimate of drug-likeness (QED) is 0.854. The van der Waals surface area contributed by atoms with Gasteiger partial charge in [-0.2, -0.15) is 0 Å². The second-order valence-corrected chi connectivity index (χ2v) is 5.02. The molecule has 2 aromatic rings. The summed E-state index contributed by atoms with van der Waals surface area (Å²) in [5.41, 5.74) is 0.592. The number of benzene rings is 1. The summed E-state index contributed by atoms with van der Waals surface area (Å²) >= 11 is 0. The Morgan fingerprint density at radius 2 is 2.27 bits per heavy atom. The van der Waals surface area contributed by atoms with E-state index < -0.39 is 0 Å². The normalized spacial score (nSPS) is 12.0. The van der Waals surface area contributed by atoms with Crippen molar-refractivity contribution in [3.8, 4) is 5.75 Å². The summed E-state index contributed by atoms with van der Waals surface area (Å²) in [4.78, 5) is 11.8. The fourth-order valence-electron chi connectivity index (χ4n) is 1.96. The lowest BCUT2D eigenvalue weighted by Gasteiger charge is -2.18. The fraction of sp³-hybridized carbons (Fsp3) is 0.375. The summed E-state index contributed by atoms with van der Waals surface area (Å²) in [6.07, 6.45) is 0.637. The molecule has 0 spiro atoms. The van der Waals surface area contributed by atoms with Crippen molar-refractivity contribution >= 4 is 5.91 Å². The van der Waals surface area contributed by atoms with Crippen LogP contribution in [0.4, 0.5) is 4.39 Å². The van der Waals surface area contributed by atoms with Crippen molar-refractivity contribution in [3.63, 3.8) is 0 Å². The van der Waals surface area contributed by atoms with Crippen LogP contribution in [0.2, 0.25) is 0 Å². The third-order valence-corrected chi connectivity index (χ3v) is 3.10. The highest BCUT2D eigenvalue weighted by molar-refractivity contribution is 5.78. The SMILES string of the molecule is CC[C@H](CNC(=O)Cc1cc(C)on1)Oc1cccc(F)c1. The minimum atomic E-state index is -0.349. The molecule has 1 heterocycles. The Labute approximate surface area is 128 Å². The van der Waals surface area contributed by atoms with Crippen LogP contribution in [0.25, 0.3) is 0 Å². The van der Waals surface area contributed by atoms with Gasteiger partial charge in [0.1, 0.15) is 23.4 Å². The molecule has 22 heavy (non-hydrogen) atoms. The van der Waals surface area contributed by atoms with E-state index in [9.17, 15) is 9.18 Å². The Balaban J connectivity index is 1.81. The number of aryl methyl sites for hydroxylation is 1. The molecule has 6 heteroatoms. The number of hydrogen-bond donors (Lipinski definition) is 1. The van der Waals surface area contributed by atoms with E-state index in [0.717, 1.165) is 0 Å². The number of nitrogens with zero attached hydrogens (tertiary/aromatic N) is 1. The van der Waals surface area contributed by atoms with E-state index in [1.54, 1.807) is 25.1 Å². The maximum atomic E-state index is 13.1. The van der Waals surface area contributed by atoms with E-state index in [1.165, 1.54) is 12.1 Å². The van der Waals surface area contributed by atoms with Crippen molar-refractivity contribution in [3.05, 3.63) is 47.6 Å². The van der Waals surface area contributed by atoms with Gasteiger partial charge in [-0.3, -0.25) is 4.79 Å². The molecule has 0 saturated carbocycles. The number of aromatic nitrogens is 1. The molecule has 1 aromatic carbocycles. The summed E-state index contributed by atoms with van der Waals surface area (Å²) in [7, 11) is 0. The zero-order valence-corrected chi connectivity index (χ0v) is 12.6. The first-order valence-corrected chi connectivity index (χ1v) is 7.18. The smallest absolute Gasteiger partial charge is 0.226 e. The summed E-state index contributed by atoms with van der Waals surface area (Å²) in [6.45, 7) is 4.06. The molecule has 1 amide bonds. The van der Waals surface area contributed by atoms with Crippen LogP contribution >= 0.6 is 0 Å². The lowest BCUT2D eigenvalue weighted by molar-refractivity contribution is -0.120. The van der Waals surface area contributed by atoms with Gasteiger partial charge < -0.3 is 14.6 Å². The fourth-order valence-corrected chi connectivity index (χ4v) is 1.96. The monoisotopic (exact) mass is 306 g/mol. The van der Waals surface area contributed by atoms with Crippen molar-refractivity contribution < 1.29 is 18.4 Å². The number of carbonyl (C=O) groups is 1. The van der Waals surface area contributed by atoms with Crippen LogP contribution in [0.1, 0.15) is 24.8 Å². The molecule has 0 aliphatic carbocycles. The van der Waals surface area contributed by atoms with E-state index in [4.69, 9.17) is 9.26 Å². The molecule has 0 saturated heterocycles. The van der Waals surface area contributed by atoms with Gasteiger partial charge in [0.2, 0.25) is 5.91 Å². The van der Waals surface area contributed by atoms with E-state index in [0.29, 0.717) is 30.2 Å². The summed E-state index contributed by atoms with van der Waals surface area (Å²) in [6, 6.07) is 7.67. The average Bonchev–Trinajstić information content (AvgIpc) is 2.88. The zero-order chi connectivity index (χ0) is 15.9. The molecule has 0 fully saturated rings. The molecule has 118 valence electrons. The topological polar surface area (TPSA) is 64.4 Å². The van der Waals surface area contributed by atoms with Gasteiger partial charge in [-0.15, -0.1) is 0 Å². The van der Waals surface area contributed by atoms with Gasteiger partial charge in [0.15, 0.2) is 0 Å². The highest BCUT2D eigenvalue weighted by Crippen LogP contribution is 2.14. The minimum absolute atomic E-state index is 0.158. The molecular formula is C16H19FN2O3. The number of ether oxygens (including phenoxy) is 1. The number of halogens is 1. The number of rotatable bonds is 7. The Bertz CT molecular complexity index is 627. The highest BCUT2D eigenvalue weighted by Gasteiger charge is 2.12. The average molecular weight is 306 g/mol. The second kappa shape index (κ2) is 7.59. The third-order valence-electron chi connectivity index (χ3n) is 3.10. The Hall–Kier alpha value is -2.37. The van der Waals surface area contributed by atoms with Crippen LogP contribution in [0, 0.1) is 12.7 Å². The van der Waals surface area contributed by atoms with E-state index in [2.05, 4.69) is 10.5 Å². The second-order valence-electron chi connectivity index (χ2n) is 5.02. The molecule has 0 aliphatic rings. The van der Waals surface area contributed by atoms with Crippen molar-refractivity contribution in [2.24, 2.45) is 0 Å². The first-order valence-electron chi connectivity index (χ1n) is 7.18. The predicted octanol–water partition coefficient (Wildman–Crippen LogP) is 2.64. The van der Waals surface area contributed by atoms with Gasteiger partial charge in [0.25, 0.3) is 0 Å². The van der Waals surface area contributed by atoms with Crippen LogP contribution in [-0.4, -0.2) is 23.7 Å². The summed E-state index contributed by atoms with van der Waals surface area (Å²) in [5.74, 6) is 0.615. The largest absolute Gasteiger partial charge is 0.489 e.